The molecule has 0 radical (unpaired) electrons. The average molecular weight is 423 g/mol. The second kappa shape index (κ2) is 8.23. The van der Waals surface area contributed by atoms with Crippen LogP contribution in [0.5, 0.6) is 5.75 Å². The largest absolute Gasteiger partial charge is 0.484 e. The number of fused-ring (bicyclic) bond motifs is 1. The maximum absolute atomic E-state index is 12.3. The highest BCUT2D eigenvalue weighted by Gasteiger charge is 2.11. The number of carbonyl (C=O) groups excluding carboxylic acids is 1. The third kappa shape index (κ3) is 4.26. The Bertz CT molecular complexity index is 1170. The van der Waals surface area contributed by atoms with Crippen molar-refractivity contribution < 1.29 is 9.53 Å². The molecule has 1 amide bonds. The fourth-order valence-electron chi connectivity index (χ4n) is 3.20. The molecule has 0 spiro atoms. The van der Waals surface area contributed by atoms with E-state index in [9.17, 15) is 4.79 Å². The molecular weight excluding hydrogens is 404 g/mol. The molecule has 0 fully saturated rings. The van der Waals surface area contributed by atoms with E-state index in [4.69, 9.17) is 16.3 Å². The Kier molecular flexibility index (Phi) is 5.51. The number of nitrogens with one attached hydrogen (secondary N) is 1. The van der Waals surface area contributed by atoms with Crippen LogP contribution in [0.3, 0.4) is 0 Å². The quantitative estimate of drug-likeness (QED) is 0.413. The van der Waals surface area contributed by atoms with Crippen LogP contribution in [0.2, 0.25) is 5.02 Å². The Morgan fingerprint density at radius 1 is 1.10 bits per heavy atom. The molecule has 0 aliphatic carbocycles. The highest BCUT2D eigenvalue weighted by atomic mass is 35.5. The van der Waals surface area contributed by atoms with E-state index in [1.165, 1.54) is 11.3 Å². The maximum atomic E-state index is 12.3. The van der Waals surface area contributed by atoms with Gasteiger partial charge in [-0.2, -0.15) is 0 Å². The number of hydrogen-bond acceptors (Lipinski definition) is 4. The molecular formula is C23H19ClN2O2S. The summed E-state index contributed by atoms with van der Waals surface area (Å²) in [5.74, 6) is 0.365. The van der Waals surface area contributed by atoms with Gasteiger partial charge in [-0.1, -0.05) is 54.1 Å². The molecule has 4 nitrogen and oxygen atoms in total. The van der Waals surface area contributed by atoms with E-state index in [1.54, 1.807) is 0 Å². The Labute approximate surface area is 178 Å². The summed E-state index contributed by atoms with van der Waals surface area (Å²) >= 11 is 7.56. The fourth-order valence-corrected chi connectivity index (χ4v) is 4.03. The zero-order chi connectivity index (χ0) is 20.4. The first-order chi connectivity index (χ1) is 14.0. The number of rotatable bonds is 5. The van der Waals surface area contributed by atoms with Crippen molar-refractivity contribution in [2.75, 3.05) is 11.9 Å². The Morgan fingerprint density at radius 3 is 2.62 bits per heavy atom. The zero-order valence-electron chi connectivity index (χ0n) is 16.0. The summed E-state index contributed by atoms with van der Waals surface area (Å²) in [7, 11) is 0. The van der Waals surface area contributed by atoms with Gasteiger partial charge in [0.2, 0.25) is 0 Å². The van der Waals surface area contributed by atoms with Crippen LogP contribution in [0.25, 0.3) is 22.0 Å². The minimum absolute atomic E-state index is 0.0936. The van der Waals surface area contributed by atoms with Gasteiger partial charge in [-0.25, -0.2) is 4.98 Å². The van der Waals surface area contributed by atoms with Gasteiger partial charge in [-0.3, -0.25) is 10.1 Å². The Morgan fingerprint density at radius 2 is 1.83 bits per heavy atom. The average Bonchev–Trinajstić information content (AvgIpc) is 3.18. The summed E-state index contributed by atoms with van der Waals surface area (Å²) in [6, 6.07) is 18.0. The number of thiazole rings is 1. The first-order valence-electron chi connectivity index (χ1n) is 9.14. The third-order valence-corrected chi connectivity index (χ3v) is 5.95. The molecule has 0 saturated carbocycles. The molecule has 0 aliphatic heterocycles. The number of anilines is 1. The number of benzene rings is 3. The van der Waals surface area contributed by atoms with E-state index in [2.05, 4.69) is 28.5 Å². The predicted octanol–water partition coefficient (Wildman–Crippen LogP) is 6.25. The van der Waals surface area contributed by atoms with Gasteiger partial charge in [0.1, 0.15) is 5.75 Å². The number of nitrogens with zero attached hydrogens (tertiary/aromatic N) is 1. The van der Waals surface area contributed by atoms with Crippen molar-refractivity contribution in [2.45, 2.75) is 13.8 Å². The molecule has 0 bridgehead atoms. The molecule has 0 unspecified atom stereocenters. The summed E-state index contributed by atoms with van der Waals surface area (Å²) in [5, 5.41) is 8.31. The van der Waals surface area contributed by atoms with Gasteiger partial charge in [0, 0.05) is 16.0 Å². The first-order valence-corrected chi connectivity index (χ1v) is 10.4. The smallest absolute Gasteiger partial charge is 0.264 e. The van der Waals surface area contributed by atoms with Crippen LogP contribution in [0.15, 0.2) is 60.0 Å². The normalized spacial score (nSPS) is 10.9. The summed E-state index contributed by atoms with van der Waals surface area (Å²) < 4.78 is 5.61. The number of carbonyl (C=O) groups is 1. The highest BCUT2D eigenvalue weighted by Crippen LogP contribution is 2.31. The van der Waals surface area contributed by atoms with E-state index in [-0.39, 0.29) is 12.5 Å². The zero-order valence-corrected chi connectivity index (χ0v) is 17.6. The van der Waals surface area contributed by atoms with Crippen LogP contribution in [0.4, 0.5) is 5.13 Å². The van der Waals surface area contributed by atoms with Crippen molar-refractivity contribution in [3.63, 3.8) is 0 Å². The van der Waals surface area contributed by atoms with Crippen molar-refractivity contribution in [2.24, 2.45) is 0 Å². The number of halogens is 1. The topological polar surface area (TPSA) is 51.2 Å². The minimum Gasteiger partial charge on any atom is -0.484 e. The number of aryl methyl sites for hydroxylation is 2. The number of ether oxygens (including phenoxy) is 1. The van der Waals surface area contributed by atoms with Gasteiger partial charge in [-0.15, -0.1) is 11.3 Å². The second-order valence-electron chi connectivity index (χ2n) is 6.77. The Balaban J connectivity index is 1.44. The maximum Gasteiger partial charge on any atom is 0.264 e. The summed E-state index contributed by atoms with van der Waals surface area (Å²) in [5.41, 5.74) is 3.72. The molecule has 4 rings (SSSR count). The van der Waals surface area contributed by atoms with Gasteiger partial charge in [0.15, 0.2) is 11.7 Å². The van der Waals surface area contributed by atoms with Crippen LogP contribution >= 0.6 is 22.9 Å². The summed E-state index contributed by atoms with van der Waals surface area (Å²) in [6.45, 7) is 3.73. The first kappa shape index (κ1) is 19.4. The number of amides is 1. The van der Waals surface area contributed by atoms with E-state index < -0.39 is 0 Å². The molecule has 0 saturated heterocycles. The van der Waals surface area contributed by atoms with Gasteiger partial charge >= 0.3 is 0 Å². The van der Waals surface area contributed by atoms with Crippen LogP contribution in [-0.4, -0.2) is 17.5 Å². The molecule has 1 heterocycles. The van der Waals surface area contributed by atoms with Crippen molar-refractivity contribution in [3.05, 3.63) is 76.1 Å². The minimum atomic E-state index is -0.255. The van der Waals surface area contributed by atoms with Crippen molar-refractivity contribution >= 4 is 44.7 Å². The molecule has 29 heavy (non-hydrogen) atoms. The summed E-state index contributed by atoms with van der Waals surface area (Å²) in [6.07, 6.45) is 0. The predicted molar refractivity (Wildman–Crippen MR) is 120 cm³/mol. The molecule has 4 aromatic rings. The molecule has 0 aliphatic rings. The van der Waals surface area contributed by atoms with Crippen LogP contribution in [0, 0.1) is 13.8 Å². The van der Waals surface area contributed by atoms with Gasteiger partial charge in [0.05, 0.1) is 5.69 Å². The number of hydrogen-bond donors (Lipinski definition) is 1. The number of aromatic nitrogens is 1. The molecule has 146 valence electrons. The monoisotopic (exact) mass is 422 g/mol. The van der Waals surface area contributed by atoms with Crippen LogP contribution in [-0.2, 0) is 4.79 Å². The van der Waals surface area contributed by atoms with Crippen molar-refractivity contribution in [1.29, 1.82) is 0 Å². The summed E-state index contributed by atoms with van der Waals surface area (Å²) in [4.78, 5) is 16.9. The second-order valence-corrected chi connectivity index (χ2v) is 8.01. The standard InChI is InChI=1S/C23H19ClN2O2S/c1-14-10-17(11-15(2)22(14)24)28-12-21(27)26-23-25-20(13-29-23)19-9-5-7-16-6-3-4-8-18(16)19/h3-11,13H,12H2,1-2H3,(H,25,26,27). The van der Waals surface area contributed by atoms with E-state index in [0.29, 0.717) is 15.9 Å². The SMILES string of the molecule is Cc1cc(OCC(=O)Nc2nc(-c3cccc4ccccc34)cs2)cc(C)c1Cl. The molecule has 6 heteroatoms. The molecule has 1 aromatic heterocycles. The van der Waals surface area contributed by atoms with Crippen LogP contribution in [0.1, 0.15) is 11.1 Å². The van der Waals surface area contributed by atoms with Gasteiger partial charge < -0.3 is 4.74 Å². The highest BCUT2D eigenvalue weighted by molar-refractivity contribution is 7.14. The lowest BCUT2D eigenvalue weighted by molar-refractivity contribution is -0.118. The lowest BCUT2D eigenvalue weighted by atomic mass is 10.0. The lowest BCUT2D eigenvalue weighted by Gasteiger charge is -2.09. The van der Waals surface area contributed by atoms with Crippen molar-refractivity contribution in [1.82, 2.24) is 4.98 Å². The van der Waals surface area contributed by atoms with Crippen molar-refractivity contribution in [3.8, 4) is 17.0 Å². The van der Waals surface area contributed by atoms with Gasteiger partial charge in [-0.05, 0) is 47.9 Å². The van der Waals surface area contributed by atoms with E-state index >= 15 is 0 Å². The molecule has 1 N–H and O–H groups in total. The molecule has 3 aromatic carbocycles. The molecule has 0 atom stereocenters. The van der Waals surface area contributed by atoms with E-state index in [0.717, 1.165) is 33.2 Å². The fraction of sp³-hybridized carbons (Fsp3) is 0.130. The van der Waals surface area contributed by atoms with Gasteiger partial charge in [0.25, 0.3) is 5.91 Å². The lowest BCUT2D eigenvalue weighted by Crippen LogP contribution is -2.20. The Hall–Kier alpha value is -2.89. The third-order valence-electron chi connectivity index (χ3n) is 4.60. The van der Waals surface area contributed by atoms with E-state index in [1.807, 2.05) is 55.6 Å². The van der Waals surface area contributed by atoms with Crippen LogP contribution < -0.4 is 10.1 Å².